The van der Waals surface area contributed by atoms with Gasteiger partial charge in [-0.25, -0.2) is 9.50 Å². The molecule has 0 heterocycles. The van der Waals surface area contributed by atoms with Gasteiger partial charge in [-0.2, -0.15) is 0 Å². The maximum Gasteiger partial charge on any atom is 0.130 e. The van der Waals surface area contributed by atoms with Crippen LogP contribution in [-0.2, 0) is 11.7 Å². The lowest BCUT2D eigenvalue weighted by molar-refractivity contribution is 0.174. The molecular formula is C7H5ClFO. The number of rotatable bonds is 1. The third-order valence-electron chi connectivity index (χ3n) is 1.21. The molecule has 0 aromatic heterocycles. The average Bonchev–Trinajstić information content (AvgIpc) is 1.88. The molecule has 0 fully saturated rings. The molecule has 1 aromatic carbocycles. The molecule has 0 spiro atoms. The van der Waals surface area contributed by atoms with Crippen molar-refractivity contribution < 1.29 is 9.50 Å². The molecule has 53 valence electrons. The lowest BCUT2D eigenvalue weighted by atomic mass is 10.2. The van der Waals surface area contributed by atoms with E-state index in [1.54, 1.807) is 0 Å². The highest BCUT2D eigenvalue weighted by Gasteiger charge is 2.04. The van der Waals surface area contributed by atoms with Crippen LogP contribution in [0.15, 0.2) is 18.2 Å². The predicted molar refractivity (Wildman–Crippen MR) is 35.8 cm³/mol. The maximum atomic E-state index is 12.6. The fourth-order valence-corrected chi connectivity index (χ4v) is 0.888. The summed E-state index contributed by atoms with van der Waals surface area (Å²) in [4.78, 5) is 0. The van der Waals surface area contributed by atoms with E-state index in [1.807, 2.05) is 0 Å². The molecule has 0 aliphatic heterocycles. The van der Waals surface area contributed by atoms with Crippen LogP contribution in [0.2, 0.25) is 5.02 Å². The number of benzene rings is 1. The van der Waals surface area contributed by atoms with Crippen molar-refractivity contribution in [1.82, 2.24) is 0 Å². The van der Waals surface area contributed by atoms with Crippen molar-refractivity contribution >= 4 is 11.6 Å². The van der Waals surface area contributed by atoms with E-state index < -0.39 is 12.4 Å². The van der Waals surface area contributed by atoms with Gasteiger partial charge in [-0.3, -0.25) is 0 Å². The molecule has 0 saturated heterocycles. The van der Waals surface area contributed by atoms with Crippen molar-refractivity contribution in [3.05, 3.63) is 34.6 Å². The third-order valence-corrected chi connectivity index (χ3v) is 1.56. The van der Waals surface area contributed by atoms with Gasteiger partial charge < -0.3 is 0 Å². The summed E-state index contributed by atoms with van der Waals surface area (Å²) in [6.45, 7) is -0.606. The van der Waals surface area contributed by atoms with Crippen LogP contribution in [0.4, 0.5) is 4.39 Å². The second-order valence-electron chi connectivity index (χ2n) is 1.84. The quantitative estimate of drug-likeness (QED) is 0.600. The summed E-state index contributed by atoms with van der Waals surface area (Å²) in [5, 5.41) is 10.5. The first kappa shape index (κ1) is 7.51. The monoisotopic (exact) mass is 159 g/mol. The summed E-state index contributed by atoms with van der Waals surface area (Å²) >= 11 is 5.49. The zero-order valence-electron chi connectivity index (χ0n) is 5.10. The van der Waals surface area contributed by atoms with E-state index in [0.29, 0.717) is 0 Å². The first-order valence-electron chi connectivity index (χ1n) is 2.76. The molecule has 1 aromatic rings. The molecule has 0 bridgehead atoms. The van der Waals surface area contributed by atoms with Crippen LogP contribution in [0.5, 0.6) is 0 Å². The maximum absolute atomic E-state index is 12.6. The highest BCUT2D eigenvalue weighted by atomic mass is 35.5. The smallest absolute Gasteiger partial charge is 0.130 e. The van der Waals surface area contributed by atoms with Crippen molar-refractivity contribution in [3.63, 3.8) is 0 Å². The summed E-state index contributed by atoms with van der Waals surface area (Å²) in [5.74, 6) is -0.525. The van der Waals surface area contributed by atoms with Crippen LogP contribution in [0.3, 0.4) is 0 Å². The molecule has 0 N–H and O–H groups in total. The van der Waals surface area contributed by atoms with Gasteiger partial charge in [-0.15, -0.1) is 0 Å². The third kappa shape index (κ3) is 1.28. The Morgan fingerprint density at radius 2 is 2.20 bits per heavy atom. The summed E-state index contributed by atoms with van der Waals surface area (Å²) in [5.41, 5.74) is 0.0455. The Bertz CT molecular complexity index is 217. The SMILES string of the molecule is [O]Cc1c(F)cccc1Cl. The molecule has 1 radical (unpaired) electrons. The van der Waals surface area contributed by atoms with Crippen LogP contribution < -0.4 is 0 Å². The van der Waals surface area contributed by atoms with E-state index in [0.717, 1.165) is 0 Å². The Morgan fingerprint density at radius 3 is 2.60 bits per heavy atom. The predicted octanol–water partition coefficient (Wildman–Crippen LogP) is 2.41. The minimum atomic E-state index is -0.606. The highest BCUT2D eigenvalue weighted by molar-refractivity contribution is 6.31. The van der Waals surface area contributed by atoms with E-state index in [-0.39, 0.29) is 10.6 Å². The average molecular weight is 160 g/mol. The van der Waals surface area contributed by atoms with E-state index in [1.165, 1.54) is 18.2 Å². The van der Waals surface area contributed by atoms with Crippen molar-refractivity contribution in [1.29, 1.82) is 0 Å². The van der Waals surface area contributed by atoms with Crippen LogP contribution >= 0.6 is 11.6 Å². The van der Waals surface area contributed by atoms with Crippen LogP contribution in [0.1, 0.15) is 5.56 Å². The fraction of sp³-hybridized carbons (Fsp3) is 0.143. The first-order valence-corrected chi connectivity index (χ1v) is 3.14. The molecule has 10 heavy (non-hydrogen) atoms. The van der Waals surface area contributed by atoms with E-state index >= 15 is 0 Å². The lowest BCUT2D eigenvalue weighted by Crippen LogP contribution is -1.88. The zero-order chi connectivity index (χ0) is 7.56. The second kappa shape index (κ2) is 2.99. The van der Waals surface area contributed by atoms with Crippen molar-refractivity contribution in [2.75, 3.05) is 0 Å². The lowest BCUT2D eigenvalue weighted by Gasteiger charge is -1.98. The molecule has 0 aliphatic rings. The van der Waals surface area contributed by atoms with E-state index in [2.05, 4.69) is 0 Å². The molecule has 0 saturated carbocycles. The number of hydrogen-bond acceptors (Lipinski definition) is 0. The largest absolute Gasteiger partial charge is 0.231 e. The van der Waals surface area contributed by atoms with Gasteiger partial charge in [0.05, 0.1) is 0 Å². The van der Waals surface area contributed by atoms with Gasteiger partial charge in [0.15, 0.2) is 0 Å². The van der Waals surface area contributed by atoms with Gasteiger partial charge in [0.2, 0.25) is 0 Å². The Hall–Kier alpha value is -0.600. The van der Waals surface area contributed by atoms with Gasteiger partial charge in [0.1, 0.15) is 12.4 Å². The summed E-state index contributed by atoms with van der Waals surface area (Å²) in [7, 11) is 0. The van der Waals surface area contributed by atoms with Gasteiger partial charge in [0, 0.05) is 10.6 Å². The molecular weight excluding hydrogens is 155 g/mol. The highest BCUT2D eigenvalue weighted by Crippen LogP contribution is 2.18. The van der Waals surface area contributed by atoms with Crippen LogP contribution in [0.25, 0.3) is 0 Å². The molecule has 3 heteroatoms. The summed E-state index contributed by atoms with van der Waals surface area (Å²) in [6.07, 6.45) is 0. The Kier molecular flexibility index (Phi) is 2.25. The van der Waals surface area contributed by atoms with Crippen molar-refractivity contribution in [2.24, 2.45) is 0 Å². The molecule has 0 amide bonds. The van der Waals surface area contributed by atoms with Crippen molar-refractivity contribution in [2.45, 2.75) is 6.61 Å². The zero-order valence-corrected chi connectivity index (χ0v) is 5.86. The van der Waals surface area contributed by atoms with Crippen molar-refractivity contribution in [3.8, 4) is 0 Å². The second-order valence-corrected chi connectivity index (χ2v) is 2.25. The Morgan fingerprint density at radius 1 is 1.50 bits per heavy atom. The minimum absolute atomic E-state index is 0.0455. The minimum Gasteiger partial charge on any atom is -0.231 e. The Labute approximate surface area is 63.1 Å². The van der Waals surface area contributed by atoms with E-state index in [4.69, 9.17) is 11.6 Å². The molecule has 0 unspecified atom stereocenters. The topological polar surface area (TPSA) is 19.9 Å². The number of halogens is 2. The Balaban J connectivity index is 3.17. The van der Waals surface area contributed by atoms with Gasteiger partial charge in [-0.05, 0) is 12.1 Å². The van der Waals surface area contributed by atoms with Crippen LogP contribution in [0, 0.1) is 5.82 Å². The summed E-state index contributed by atoms with van der Waals surface area (Å²) < 4.78 is 12.6. The number of hydrogen-bond donors (Lipinski definition) is 0. The molecule has 1 rings (SSSR count). The van der Waals surface area contributed by atoms with Gasteiger partial charge in [-0.1, -0.05) is 17.7 Å². The fourth-order valence-electron chi connectivity index (χ4n) is 0.670. The molecule has 0 aliphatic carbocycles. The van der Waals surface area contributed by atoms with Crippen LogP contribution in [-0.4, -0.2) is 0 Å². The molecule has 0 atom stereocenters. The first-order chi connectivity index (χ1) is 4.75. The van der Waals surface area contributed by atoms with Gasteiger partial charge >= 0.3 is 0 Å². The normalized spacial score (nSPS) is 9.90. The standard InChI is InChI=1S/C7H5ClFO/c8-6-2-1-3-7(9)5(6)4-10/h1-3H,4H2. The molecule has 1 nitrogen and oxygen atoms in total. The van der Waals surface area contributed by atoms with Gasteiger partial charge in [0.25, 0.3) is 0 Å². The van der Waals surface area contributed by atoms with E-state index in [9.17, 15) is 9.50 Å². The summed E-state index contributed by atoms with van der Waals surface area (Å²) in [6, 6.07) is 4.19.